The number of rotatable bonds is 5. The monoisotopic (exact) mass is 381 g/mol. The number of amides is 1. The first-order valence-electron chi connectivity index (χ1n) is 7.83. The molecule has 134 valence electrons. The molecule has 1 fully saturated rings. The van der Waals surface area contributed by atoms with Crippen LogP contribution in [-0.2, 0) is 10.3 Å². The van der Waals surface area contributed by atoms with Gasteiger partial charge in [0.15, 0.2) is 0 Å². The van der Waals surface area contributed by atoms with Crippen molar-refractivity contribution in [3.8, 4) is 0 Å². The fourth-order valence-electron chi connectivity index (χ4n) is 2.97. The lowest BCUT2D eigenvalue weighted by molar-refractivity contribution is -0.124. The third kappa shape index (κ3) is 6.57. The van der Waals surface area contributed by atoms with E-state index in [-0.39, 0.29) is 36.3 Å². The summed E-state index contributed by atoms with van der Waals surface area (Å²) in [6.07, 6.45) is 2.98. The normalized spacial score (nSPS) is 16.9. The highest BCUT2D eigenvalue weighted by atomic mass is 35.5. The lowest BCUT2D eigenvalue weighted by Gasteiger charge is -2.29. The Bertz CT molecular complexity index is 487. The van der Waals surface area contributed by atoms with Crippen LogP contribution in [-0.4, -0.2) is 24.0 Å². The Kier molecular flexibility index (Phi) is 9.67. The summed E-state index contributed by atoms with van der Waals surface area (Å²) < 4.78 is 0. The number of carbonyl (C=O) groups is 1. The number of piperidine rings is 1. The summed E-state index contributed by atoms with van der Waals surface area (Å²) >= 11 is 1.61. The van der Waals surface area contributed by atoms with Crippen LogP contribution in [0.3, 0.4) is 0 Å². The predicted molar refractivity (Wildman–Crippen MR) is 102 cm³/mol. The molecular weight excluding hydrogens is 353 g/mol. The highest BCUT2D eigenvalue weighted by Gasteiger charge is 2.28. The van der Waals surface area contributed by atoms with Crippen LogP contribution < -0.4 is 10.6 Å². The molecule has 0 aliphatic carbocycles. The van der Waals surface area contributed by atoms with Gasteiger partial charge in [-0.1, -0.05) is 6.92 Å². The van der Waals surface area contributed by atoms with Gasteiger partial charge in [0.1, 0.15) is 5.01 Å². The molecule has 4 nitrogen and oxygen atoms in total. The van der Waals surface area contributed by atoms with Crippen LogP contribution in [0.15, 0.2) is 5.38 Å². The average Bonchev–Trinajstić information content (AvgIpc) is 2.86. The number of nitrogens with one attached hydrogen (secondary N) is 2. The number of thiazole rings is 1. The minimum atomic E-state index is -0.385. The zero-order valence-corrected chi connectivity index (χ0v) is 16.8. The minimum absolute atomic E-state index is 0. The molecule has 1 amide bonds. The standard InChI is InChI=1S/C16H27N3OS.2ClH/c1-11(13-5-7-17-8-6-13)9-14(20)19-16(3,4)15-18-12(2)10-21-15;;/h10-11,13,17H,5-9H2,1-4H3,(H,19,20);2*1H. The zero-order valence-electron chi connectivity index (χ0n) is 14.3. The molecule has 1 unspecified atom stereocenters. The second kappa shape index (κ2) is 9.82. The molecule has 0 spiro atoms. The van der Waals surface area contributed by atoms with Gasteiger partial charge >= 0.3 is 0 Å². The van der Waals surface area contributed by atoms with Crippen molar-refractivity contribution in [2.75, 3.05) is 13.1 Å². The van der Waals surface area contributed by atoms with Crippen LogP contribution in [0.1, 0.15) is 50.7 Å². The molecule has 1 aliphatic heterocycles. The maximum atomic E-state index is 12.3. The van der Waals surface area contributed by atoms with Crippen LogP contribution in [0, 0.1) is 18.8 Å². The third-order valence-electron chi connectivity index (χ3n) is 4.30. The minimum Gasteiger partial charge on any atom is -0.345 e. The molecule has 0 bridgehead atoms. The molecule has 1 aliphatic rings. The van der Waals surface area contributed by atoms with E-state index in [4.69, 9.17) is 0 Å². The molecule has 0 saturated carbocycles. The number of hydrogen-bond donors (Lipinski definition) is 2. The van der Waals surface area contributed by atoms with Crippen molar-refractivity contribution >= 4 is 42.1 Å². The van der Waals surface area contributed by atoms with Crippen LogP contribution in [0.5, 0.6) is 0 Å². The first-order chi connectivity index (χ1) is 9.88. The highest BCUT2D eigenvalue weighted by Crippen LogP contribution is 2.27. The van der Waals surface area contributed by atoms with Gasteiger partial charge in [-0.25, -0.2) is 4.98 Å². The van der Waals surface area contributed by atoms with Gasteiger partial charge in [-0.05, 0) is 58.5 Å². The van der Waals surface area contributed by atoms with Crippen molar-refractivity contribution in [3.63, 3.8) is 0 Å². The maximum Gasteiger partial charge on any atom is 0.221 e. The zero-order chi connectivity index (χ0) is 15.5. The molecule has 2 heterocycles. The van der Waals surface area contributed by atoms with Crippen LogP contribution in [0.2, 0.25) is 0 Å². The number of aromatic nitrogens is 1. The number of hydrogen-bond acceptors (Lipinski definition) is 4. The van der Waals surface area contributed by atoms with Gasteiger partial charge in [-0.15, -0.1) is 36.2 Å². The van der Waals surface area contributed by atoms with Crippen molar-refractivity contribution < 1.29 is 4.79 Å². The first-order valence-corrected chi connectivity index (χ1v) is 8.71. The molecule has 1 aromatic rings. The van der Waals surface area contributed by atoms with Gasteiger partial charge < -0.3 is 10.6 Å². The van der Waals surface area contributed by atoms with Crippen molar-refractivity contribution in [3.05, 3.63) is 16.1 Å². The number of aryl methyl sites for hydroxylation is 1. The molecule has 1 atom stereocenters. The van der Waals surface area contributed by atoms with E-state index in [1.165, 1.54) is 12.8 Å². The Balaban J connectivity index is 0.00000242. The Morgan fingerprint density at radius 3 is 2.57 bits per heavy atom. The van der Waals surface area contributed by atoms with Gasteiger partial charge in [-0.2, -0.15) is 0 Å². The molecular formula is C16H29Cl2N3OS. The third-order valence-corrected chi connectivity index (χ3v) is 5.59. The van der Waals surface area contributed by atoms with Crippen LogP contribution in [0.4, 0.5) is 0 Å². The summed E-state index contributed by atoms with van der Waals surface area (Å²) in [6.45, 7) is 10.4. The molecule has 0 aromatic carbocycles. The summed E-state index contributed by atoms with van der Waals surface area (Å²) in [5.74, 6) is 1.25. The van der Waals surface area contributed by atoms with E-state index in [0.29, 0.717) is 18.3 Å². The number of nitrogens with zero attached hydrogens (tertiary/aromatic N) is 1. The molecule has 2 N–H and O–H groups in total. The van der Waals surface area contributed by atoms with E-state index < -0.39 is 0 Å². The topological polar surface area (TPSA) is 54.0 Å². The fourth-order valence-corrected chi connectivity index (χ4v) is 3.84. The Morgan fingerprint density at radius 1 is 1.43 bits per heavy atom. The molecule has 0 radical (unpaired) electrons. The van der Waals surface area contributed by atoms with Crippen LogP contribution >= 0.6 is 36.2 Å². The fraction of sp³-hybridized carbons (Fsp3) is 0.750. The summed E-state index contributed by atoms with van der Waals surface area (Å²) in [4.78, 5) is 16.8. The molecule has 1 aromatic heterocycles. The van der Waals surface area contributed by atoms with Crippen molar-refractivity contribution in [2.24, 2.45) is 11.8 Å². The smallest absolute Gasteiger partial charge is 0.221 e. The predicted octanol–water partition coefficient (Wildman–Crippen LogP) is 3.67. The molecule has 23 heavy (non-hydrogen) atoms. The van der Waals surface area contributed by atoms with Crippen molar-refractivity contribution in [1.82, 2.24) is 15.6 Å². The summed E-state index contributed by atoms with van der Waals surface area (Å²) in [6, 6.07) is 0. The lowest BCUT2D eigenvalue weighted by Crippen LogP contribution is -2.42. The van der Waals surface area contributed by atoms with E-state index in [1.807, 2.05) is 26.2 Å². The van der Waals surface area contributed by atoms with E-state index in [0.717, 1.165) is 23.8 Å². The Morgan fingerprint density at radius 2 is 2.04 bits per heavy atom. The van der Waals surface area contributed by atoms with Gasteiger partial charge in [0.2, 0.25) is 5.91 Å². The van der Waals surface area contributed by atoms with E-state index >= 15 is 0 Å². The second-order valence-electron chi connectivity index (χ2n) is 6.74. The highest BCUT2D eigenvalue weighted by molar-refractivity contribution is 7.09. The van der Waals surface area contributed by atoms with Gasteiger partial charge in [-0.3, -0.25) is 4.79 Å². The Labute approximate surface area is 156 Å². The molecule has 1 saturated heterocycles. The second-order valence-corrected chi connectivity index (χ2v) is 7.59. The largest absolute Gasteiger partial charge is 0.345 e. The lowest BCUT2D eigenvalue weighted by atomic mass is 9.84. The van der Waals surface area contributed by atoms with Gasteiger partial charge in [0.05, 0.1) is 5.54 Å². The Hall–Kier alpha value is -0.360. The maximum absolute atomic E-state index is 12.3. The average molecular weight is 382 g/mol. The van der Waals surface area contributed by atoms with Gasteiger partial charge in [0, 0.05) is 17.5 Å². The van der Waals surface area contributed by atoms with E-state index in [9.17, 15) is 4.79 Å². The SMILES string of the molecule is Cc1csc(C(C)(C)NC(=O)CC(C)C2CCNCC2)n1.Cl.Cl. The number of carbonyl (C=O) groups excluding carboxylic acids is 1. The summed E-state index contributed by atoms with van der Waals surface area (Å²) in [5.41, 5.74) is 0.629. The van der Waals surface area contributed by atoms with E-state index in [1.54, 1.807) is 11.3 Å². The summed E-state index contributed by atoms with van der Waals surface area (Å²) in [7, 11) is 0. The molecule has 2 rings (SSSR count). The van der Waals surface area contributed by atoms with Gasteiger partial charge in [0.25, 0.3) is 0 Å². The summed E-state index contributed by atoms with van der Waals surface area (Å²) in [5, 5.41) is 9.53. The quantitative estimate of drug-likeness (QED) is 0.817. The number of halogens is 2. The van der Waals surface area contributed by atoms with Crippen molar-refractivity contribution in [1.29, 1.82) is 0 Å². The van der Waals surface area contributed by atoms with E-state index in [2.05, 4.69) is 22.5 Å². The molecule has 7 heteroatoms. The first kappa shape index (κ1) is 22.6. The van der Waals surface area contributed by atoms with Crippen molar-refractivity contribution in [2.45, 2.75) is 52.5 Å². The van der Waals surface area contributed by atoms with Crippen LogP contribution in [0.25, 0.3) is 0 Å².